The third-order valence-corrected chi connectivity index (χ3v) is 1.86. The number of rotatable bonds is 5. The van der Waals surface area contributed by atoms with Gasteiger partial charge in [0.25, 0.3) is 0 Å². The summed E-state index contributed by atoms with van der Waals surface area (Å²) in [5.41, 5.74) is 1.15. The van der Waals surface area contributed by atoms with Crippen LogP contribution in [-0.4, -0.2) is 36.1 Å². The third-order valence-electron chi connectivity index (χ3n) is 1.86. The Labute approximate surface area is 78.3 Å². The first kappa shape index (κ1) is 10.4. The predicted molar refractivity (Wildman–Crippen MR) is 50.4 cm³/mol. The normalized spacial score (nSPS) is 18.5. The van der Waals surface area contributed by atoms with Crippen molar-refractivity contribution in [3.63, 3.8) is 0 Å². The number of aliphatic hydroxyl groups excluding tert-OH is 2. The van der Waals surface area contributed by atoms with E-state index in [1.54, 1.807) is 0 Å². The summed E-state index contributed by atoms with van der Waals surface area (Å²) in [6, 6.07) is 0. The highest BCUT2D eigenvalue weighted by Crippen LogP contribution is 2.09. The molecule has 0 radical (unpaired) electrons. The molecule has 1 unspecified atom stereocenters. The summed E-state index contributed by atoms with van der Waals surface area (Å²) in [5, 5.41) is 17.5. The van der Waals surface area contributed by atoms with Crippen molar-refractivity contribution in [2.75, 3.05) is 19.8 Å². The molecule has 3 nitrogen and oxygen atoms in total. The van der Waals surface area contributed by atoms with E-state index < -0.39 is 6.10 Å². The average Bonchev–Trinajstić information content (AvgIpc) is 2.19. The van der Waals surface area contributed by atoms with Crippen LogP contribution in [0.25, 0.3) is 0 Å². The van der Waals surface area contributed by atoms with Crippen LogP contribution in [0.2, 0.25) is 0 Å². The monoisotopic (exact) mass is 184 g/mol. The summed E-state index contributed by atoms with van der Waals surface area (Å²) in [4.78, 5) is 0. The van der Waals surface area contributed by atoms with E-state index in [2.05, 4.69) is 12.2 Å². The average molecular weight is 184 g/mol. The summed E-state index contributed by atoms with van der Waals surface area (Å²) in [6.07, 6.45) is 7.69. The van der Waals surface area contributed by atoms with E-state index in [1.165, 1.54) is 0 Å². The van der Waals surface area contributed by atoms with Crippen LogP contribution in [0.3, 0.4) is 0 Å². The molecule has 1 rings (SSSR count). The van der Waals surface area contributed by atoms with Crippen molar-refractivity contribution >= 4 is 0 Å². The molecule has 1 atom stereocenters. The van der Waals surface area contributed by atoms with Crippen molar-refractivity contribution in [2.45, 2.75) is 18.9 Å². The number of ether oxygens (including phenoxy) is 1. The van der Waals surface area contributed by atoms with Gasteiger partial charge in [-0.1, -0.05) is 18.2 Å². The van der Waals surface area contributed by atoms with Crippen LogP contribution < -0.4 is 0 Å². The zero-order valence-electron chi connectivity index (χ0n) is 7.65. The van der Waals surface area contributed by atoms with E-state index in [0.29, 0.717) is 6.61 Å². The largest absolute Gasteiger partial charge is 0.394 e. The minimum Gasteiger partial charge on any atom is -0.394 e. The fourth-order valence-corrected chi connectivity index (χ4v) is 1.14. The van der Waals surface area contributed by atoms with E-state index in [4.69, 9.17) is 14.9 Å². The van der Waals surface area contributed by atoms with Crippen LogP contribution in [0, 0.1) is 0 Å². The van der Waals surface area contributed by atoms with Gasteiger partial charge < -0.3 is 14.9 Å². The predicted octanol–water partition coefficient (Wildman–Crippen LogP) is 0.633. The van der Waals surface area contributed by atoms with E-state index >= 15 is 0 Å². The molecular weight excluding hydrogens is 168 g/mol. The lowest BCUT2D eigenvalue weighted by molar-refractivity contribution is 0.0136. The SMILES string of the molecule is OCC(O)COCC1=CCCC=C1. The number of aliphatic hydroxyl groups is 2. The minimum atomic E-state index is -0.756. The Morgan fingerprint density at radius 3 is 2.92 bits per heavy atom. The summed E-state index contributed by atoms with van der Waals surface area (Å²) < 4.78 is 5.20. The van der Waals surface area contributed by atoms with E-state index in [0.717, 1.165) is 18.4 Å². The van der Waals surface area contributed by atoms with Gasteiger partial charge in [-0.2, -0.15) is 0 Å². The molecule has 1 aliphatic carbocycles. The topological polar surface area (TPSA) is 49.7 Å². The maximum Gasteiger partial charge on any atom is 0.100 e. The second kappa shape index (κ2) is 5.91. The Kier molecular flexibility index (Phi) is 4.75. The summed E-state index contributed by atoms with van der Waals surface area (Å²) in [7, 11) is 0. The highest BCUT2D eigenvalue weighted by molar-refractivity contribution is 5.22. The van der Waals surface area contributed by atoms with Gasteiger partial charge in [-0.15, -0.1) is 0 Å². The first-order valence-corrected chi connectivity index (χ1v) is 4.55. The Bertz CT molecular complexity index is 196. The first-order chi connectivity index (χ1) is 6.33. The van der Waals surface area contributed by atoms with E-state index in [9.17, 15) is 0 Å². The molecule has 0 saturated heterocycles. The minimum absolute atomic E-state index is 0.196. The van der Waals surface area contributed by atoms with Gasteiger partial charge in [0.15, 0.2) is 0 Å². The molecule has 3 heteroatoms. The van der Waals surface area contributed by atoms with E-state index in [1.807, 2.05) is 6.08 Å². The lowest BCUT2D eigenvalue weighted by Gasteiger charge is -2.10. The summed E-state index contributed by atoms with van der Waals surface area (Å²) in [6.45, 7) is 0.476. The van der Waals surface area contributed by atoms with Crippen molar-refractivity contribution in [1.29, 1.82) is 0 Å². The smallest absolute Gasteiger partial charge is 0.100 e. The molecular formula is C10H16O3. The van der Waals surface area contributed by atoms with Crippen molar-refractivity contribution in [3.8, 4) is 0 Å². The van der Waals surface area contributed by atoms with Gasteiger partial charge in [0, 0.05) is 0 Å². The highest BCUT2D eigenvalue weighted by atomic mass is 16.5. The molecule has 0 amide bonds. The Morgan fingerprint density at radius 1 is 1.46 bits per heavy atom. The van der Waals surface area contributed by atoms with Crippen molar-refractivity contribution in [1.82, 2.24) is 0 Å². The molecule has 0 aromatic heterocycles. The molecule has 0 fully saturated rings. The fraction of sp³-hybridized carbons (Fsp3) is 0.600. The standard InChI is InChI=1S/C10H16O3/c11-6-10(12)8-13-7-9-4-2-1-3-5-9/h2,4-5,10-12H,1,3,6-8H2. The molecule has 0 saturated carbocycles. The molecule has 0 spiro atoms. The molecule has 0 aromatic rings. The van der Waals surface area contributed by atoms with Gasteiger partial charge >= 0.3 is 0 Å². The second-order valence-electron chi connectivity index (χ2n) is 3.11. The van der Waals surface area contributed by atoms with Crippen LogP contribution >= 0.6 is 0 Å². The van der Waals surface area contributed by atoms with Crippen LogP contribution in [0.1, 0.15) is 12.8 Å². The molecule has 0 aromatic carbocycles. The maximum absolute atomic E-state index is 8.97. The molecule has 74 valence electrons. The Balaban J connectivity index is 2.12. The zero-order valence-corrected chi connectivity index (χ0v) is 7.65. The lowest BCUT2D eigenvalue weighted by atomic mass is 10.1. The van der Waals surface area contributed by atoms with Gasteiger partial charge in [-0.25, -0.2) is 0 Å². The van der Waals surface area contributed by atoms with Crippen LogP contribution in [0.4, 0.5) is 0 Å². The van der Waals surface area contributed by atoms with Gasteiger partial charge in [-0.3, -0.25) is 0 Å². The molecule has 0 heterocycles. The van der Waals surface area contributed by atoms with Crippen LogP contribution in [0.5, 0.6) is 0 Å². The summed E-state index contributed by atoms with van der Waals surface area (Å²) in [5.74, 6) is 0. The quantitative estimate of drug-likeness (QED) is 0.659. The van der Waals surface area contributed by atoms with Gasteiger partial charge in [-0.05, 0) is 18.4 Å². The number of hydrogen-bond acceptors (Lipinski definition) is 3. The fourth-order valence-electron chi connectivity index (χ4n) is 1.14. The van der Waals surface area contributed by atoms with Crippen LogP contribution in [0.15, 0.2) is 23.8 Å². The van der Waals surface area contributed by atoms with Crippen molar-refractivity contribution in [2.24, 2.45) is 0 Å². The second-order valence-corrected chi connectivity index (χ2v) is 3.11. The van der Waals surface area contributed by atoms with Crippen molar-refractivity contribution in [3.05, 3.63) is 23.8 Å². The third kappa shape index (κ3) is 4.22. The first-order valence-electron chi connectivity index (χ1n) is 4.55. The molecule has 2 N–H and O–H groups in total. The maximum atomic E-state index is 8.97. The molecule has 0 aliphatic heterocycles. The summed E-state index contributed by atoms with van der Waals surface area (Å²) >= 11 is 0. The molecule has 0 bridgehead atoms. The number of hydrogen-bond donors (Lipinski definition) is 2. The Morgan fingerprint density at radius 2 is 2.31 bits per heavy atom. The van der Waals surface area contributed by atoms with Crippen LogP contribution in [-0.2, 0) is 4.74 Å². The lowest BCUT2D eigenvalue weighted by Crippen LogP contribution is -2.20. The van der Waals surface area contributed by atoms with Gasteiger partial charge in [0.2, 0.25) is 0 Å². The van der Waals surface area contributed by atoms with Crippen molar-refractivity contribution < 1.29 is 14.9 Å². The van der Waals surface area contributed by atoms with Gasteiger partial charge in [0.1, 0.15) is 6.10 Å². The van der Waals surface area contributed by atoms with Gasteiger partial charge in [0.05, 0.1) is 19.8 Å². The van der Waals surface area contributed by atoms with E-state index in [-0.39, 0.29) is 13.2 Å². The molecule has 1 aliphatic rings. The zero-order chi connectivity index (χ0) is 9.52. The molecule has 13 heavy (non-hydrogen) atoms. The number of allylic oxidation sites excluding steroid dienone is 2. The Hall–Kier alpha value is -0.640. The highest BCUT2D eigenvalue weighted by Gasteiger charge is 2.02.